The van der Waals surface area contributed by atoms with Crippen molar-refractivity contribution in [2.24, 2.45) is 0 Å². The van der Waals surface area contributed by atoms with Crippen LogP contribution < -0.4 is 5.32 Å². The van der Waals surface area contributed by atoms with Crippen LogP contribution in [0.4, 0.5) is 5.69 Å². The van der Waals surface area contributed by atoms with Crippen molar-refractivity contribution in [1.82, 2.24) is 0 Å². The molecule has 0 atom stereocenters. The fourth-order valence-corrected chi connectivity index (χ4v) is 2.45. The Bertz CT molecular complexity index is 939. The number of ketones is 1. The molecule has 5 heteroatoms. The summed E-state index contributed by atoms with van der Waals surface area (Å²) in [6, 6.07) is 14.0. The Kier molecular flexibility index (Phi) is 4.49. The molecule has 1 heterocycles. The number of rotatable bonds is 4. The number of carbonyl (C=O) groups excluding carboxylic acids is 2. The van der Waals surface area contributed by atoms with Crippen molar-refractivity contribution in [3.63, 3.8) is 0 Å². The molecule has 1 amide bonds. The minimum Gasteiger partial charge on any atom is -0.453 e. The van der Waals surface area contributed by atoms with Crippen molar-refractivity contribution in [2.75, 3.05) is 5.32 Å². The van der Waals surface area contributed by atoms with Crippen LogP contribution in [0.15, 0.2) is 59.0 Å². The fraction of sp³-hybridized carbons (Fsp3) is 0.0526. The summed E-state index contributed by atoms with van der Waals surface area (Å²) < 4.78 is 5.53. The third-order valence-electron chi connectivity index (χ3n) is 3.38. The predicted octanol–water partition coefficient (Wildman–Crippen LogP) is 4.94. The van der Waals surface area contributed by atoms with Crippen LogP contribution in [0.5, 0.6) is 0 Å². The average Bonchev–Trinajstić information content (AvgIpc) is 2.96. The minimum atomic E-state index is -0.228. The summed E-state index contributed by atoms with van der Waals surface area (Å²) in [5.41, 5.74) is 2.17. The first-order valence-electron chi connectivity index (χ1n) is 7.30. The van der Waals surface area contributed by atoms with E-state index in [2.05, 4.69) is 5.32 Å². The molecule has 0 spiro atoms. The number of furan rings is 1. The van der Waals surface area contributed by atoms with E-state index >= 15 is 0 Å². The SMILES string of the molecule is CC(=O)Nc1ccc(/C=C/C(=O)c2cc3cc(Cl)ccc3o2)cc1. The first-order chi connectivity index (χ1) is 11.5. The van der Waals surface area contributed by atoms with Gasteiger partial charge in [-0.15, -0.1) is 0 Å². The number of benzene rings is 2. The number of carbonyl (C=O) groups is 2. The Morgan fingerprint density at radius 1 is 1.08 bits per heavy atom. The molecule has 120 valence electrons. The highest BCUT2D eigenvalue weighted by Gasteiger charge is 2.09. The second-order valence-electron chi connectivity index (χ2n) is 5.29. The smallest absolute Gasteiger partial charge is 0.221 e. The van der Waals surface area contributed by atoms with E-state index in [1.165, 1.54) is 13.0 Å². The van der Waals surface area contributed by atoms with Crippen LogP contribution in [0, 0.1) is 0 Å². The average molecular weight is 340 g/mol. The normalized spacial score (nSPS) is 11.1. The zero-order chi connectivity index (χ0) is 17.1. The number of hydrogen-bond donors (Lipinski definition) is 1. The third-order valence-corrected chi connectivity index (χ3v) is 3.61. The van der Waals surface area contributed by atoms with Gasteiger partial charge >= 0.3 is 0 Å². The van der Waals surface area contributed by atoms with E-state index in [1.807, 2.05) is 12.1 Å². The van der Waals surface area contributed by atoms with Crippen LogP contribution in [-0.2, 0) is 4.79 Å². The molecule has 1 aromatic heterocycles. The Balaban J connectivity index is 1.75. The second kappa shape index (κ2) is 6.72. The van der Waals surface area contributed by atoms with E-state index in [0.29, 0.717) is 16.3 Å². The molecular formula is C19H14ClNO3. The molecule has 2 aromatic carbocycles. The van der Waals surface area contributed by atoms with E-state index in [-0.39, 0.29) is 17.5 Å². The number of allylic oxidation sites excluding steroid dienone is 1. The van der Waals surface area contributed by atoms with Crippen LogP contribution in [0.3, 0.4) is 0 Å². The van der Waals surface area contributed by atoms with Crippen LogP contribution >= 0.6 is 11.6 Å². The van der Waals surface area contributed by atoms with E-state index in [4.69, 9.17) is 16.0 Å². The summed E-state index contributed by atoms with van der Waals surface area (Å²) >= 11 is 5.93. The number of nitrogens with one attached hydrogen (secondary N) is 1. The maximum atomic E-state index is 12.2. The van der Waals surface area contributed by atoms with Crippen molar-refractivity contribution < 1.29 is 14.0 Å². The fourth-order valence-electron chi connectivity index (χ4n) is 2.27. The van der Waals surface area contributed by atoms with Crippen LogP contribution in [0.2, 0.25) is 5.02 Å². The van der Waals surface area contributed by atoms with E-state index < -0.39 is 0 Å². The Labute approximate surface area is 143 Å². The van der Waals surface area contributed by atoms with Gasteiger partial charge < -0.3 is 9.73 Å². The van der Waals surface area contributed by atoms with Gasteiger partial charge in [0.1, 0.15) is 5.58 Å². The molecule has 0 fully saturated rings. The molecule has 24 heavy (non-hydrogen) atoms. The number of halogens is 1. The van der Waals surface area contributed by atoms with Gasteiger partial charge in [0.25, 0.3) is 0 Å². The molecule has 3 aromatic rings. The van der Waals surface area contributed by atoms with Gasteiger partial charge in [0, 0.05) is 23.0 Å². The summed E-state index contributed by atoms with van der Waals surface area (Å²) in [5.74, 6) is -0.0925. The maximum Gasteiger partial charge on any atom is 0.221 e. The highest BCUT2D eigenvalue weighted by atomic mass is 35.5. The lowest BCUT2D eigenvalue weighted by Crippen LogP contribution is -2.05. The van der Waals surface area contributed by atoms with E-state index in [0.717, 1.165) is 10.9 Å². The van der Waals surface area contributed by atoms with Gasteiger partial charge in [-0.05, 0) is 48.0 Å². The largest absolute Gasteiger partial charge is 0.453 e. The summed E-state index contributed by atoms with van der Waals surface area (Å²) in [7, 11) is 0. The van der Waals surface area contributed by atoms with Crippen LogP contribution in [0.1, 0.15) is 23.0 Å². The highest BCUT2D eigenvalue weighted by molar-refractivity contribution is 6.31. The van der Waals surface area contributed by atoms with Gasteiger partial charge in [0.2, 0.25) is 11.7 Å². The van der Waals surface area contributed by atoms with Gasteiger partial charge in [-0.1, -0.05) is 29.8 Å². The van der Waals surface area contributed by atoms with Crippen molar-refractivity contribution in [2.45, 2.75) is 6.92 Å². The molecule has 0 aliphatic carbocycles. The zero-order valence-corrected chi connectivity index (χ0v) is 13.6. The lowest BCUT2D eigenvalue weighted by Gasteiger charge is -2.01. The number of hydrogen-bond acceptors (Lipinski definition) is 3. The molecule has 0 radical (unpaired) electrons. The first kappa shape index (κ1) is 16.0. The van der Waals surface area contributed by atoms with Gasteiger partial charge in [0.05, 0.1) is 0 Å². The molecule has 4 nitrogen and oxygen atoms in total. The van der Waals surface area contributed by atoms with E-state index in [9.17, 15) is 9.59 Å². The monoisotopic (exact) mass is 339 g/mol. The van der Waals surface area contributed by atoms with Gasteiger partial charge in [-0.3, -0.25) is 9.59 Å². The minimum absolute atomic E-state index is 0.126. The summed E-state index contributed by atoms with van der Waals surface area (Å²) in [5, 5.41) is 4.07. The molecule has 0 unspecified atom stereocenters. The number of amides is 1. The summed E-state index contributed by atoms with van der Waals surface area (Å²) in [6.07, 6.45) is 3.15. The standard InChI is InChI=1S/C19H14ClNO3/c1-12(22)21-16-6-2-13(3-7-16)4-8-17(23)19-11-14-10-15(20)5-9-18(14)24-19/h2-11H,1H3,(H,21,22)/b8-4+. The van der Waals surface area contributed by atoms with Gasteiger partial charge in [-0.2, -0.15) is 0 Å². The maximum absolute atomic E-state index is 12.2. The predicted molar refractivity (Wildman–Crippen MR) is 95.3 cm³/mol. The van der Waals surface area contributed by atoms with Crippen molar-refractivity contribution >= 4 is 46.0 Å². The van der Waals surface area contributed by atoms with Crippen molar-refractivity contribution in [3.05, 3.63) is 71.0 Å². The van der Waals surface area contributed by atoms with Crippen molar-refractivity contribution in [3.8, 4) is 0 Å². The molecule has 0 aliphatic heterocycles. The molecule has 0 saturated heterocycles. The molecular weight excluding hydrogens is 326 g/mol. The zero-order valence-electron chi connectivity index (χ0n) is 12.9. The first-order valence-corrected chi connectivity index (χ1v) is 7.68. The Morgan fingerprint density at radius 3 is 2.54 bits per heavy atom. The number of anilines is 1. The molecule has 0 bridgehead atoms. The van der Waals surface area contributed by atoms with E-state index in [1.54, 1.807) is 42.5 Å². The Hall–Kier alpha value is -2.85. The quantitative estimate of drug-likeness (QED) is 0.541. The molecule has 0 saturated carbocycles. The summed E-state index contributed by atoms with van der Waals surface area (Å²) in [6.45, 7) is 1.45. The van der Waals surface area contributed by atoms with Crippen LogP contribution in [0.25, 0.3) is 17.0 Å². The van der Waals surface area contributed by atoms with Gasteiger partial charge in [0.15, 0.2) is 5.76 Å². The number of fused-ring (bicyclic) bond motifs is 1. The Morgan fingerprint density at radius 2 is 1.83 bits per heavy atom. The topological polar surface area (TPSA) is 59.3 Å². The third kappa shape index (κ3) is 3.73. The lowest BCUT2D eigenvalue weighted by atomic mass is 10.1. The second-order valence-corrected chi connectivity index (χ2v) is 5.73. The van der Waals surface area contributed by atoms with Gasteiger partial charge in [-0.25, -0.2) is 0 Å². The molecule has 0 aliphatic rings. The summed E-state index contributed by atoms with van der Waals surface area (Å²) in [4.78, 5) is 23.2. The molecule has 1 N–H and O–H groups in total. The van der Waals surface area contributed by atoms with Crippen molar-refractivity contribution in [1.29, 1.82) is 0 Å². The molecule has 3 rings (SSSR count). The van der Waals surface area contributed by atoms with Crippen LogP contribution in [-0.4, -0.2) is 11.7 Å². The lowest BCUT2D eigenvalue weighted by molar-refractivity contribution is -0.114. The highest BCUT2D eigenvalue weighted by Crippen LogP contribution is 2.23.